The number of hydrogen-bond donors (Lipinski definition) is 2. The van der Waals surface area contributed by atoms with E-state index in [4.69, 9.17) is 27.4 Å². The normalized spacial score (nSPS) is 29.9. The Hall–Kier alpha value is -1.94. The standard InChI is InChI=1S/C21H31ClN8O/c1-13-10-30-18(24-20(13)28-8-6-14(23)11-28)9-16(25-30)17-5-3-4-7-29(17)21(31)19-15(22)12-27(2)26-19/h9-10,14-15,17,19,26H,3-8,11-12,23H2,1-2H3/t14-,15?,17-,19?/m0/s1. The maximum atomic E-state index is 13.4. The lowest BCUT2D eigenvalue weighted by molar-refractivity contribution is -0.137. The molecule has 0 aliphatic carbocycles. The number of rotatable bonds is 3. The summed E-state index contributed by atoms with van der Waals surface area (Å²) in [5, 5.41) is 6.48. The van der Waals surface area contributed by atoms with Gasteiger partial charge in [0, 0.05) is 57.1 Å². The summed E-state index contributed by atoms with van der Waals surface area (Å²) >= 11 is 6.46. The molecule has 168 valence electrons. The second-order valence-corrected chi connectivity index (χ2v) is 9.72. The molecule has 2 unspecified atom stereocenters. The summed E-state index contributed by atoms with van der Waals surface area (Å²) in [7, 11) is 1.91. The summed E-state index contributed by atoms with van der Waals surface area (Å²) < 4.78 is 1.84. The largest absolute Gasteiger partial charge is 0.355 e. The van der Waals surface area contributed by atoms with E-state index >= 15 is 0 Å². The van der Waals surface area contributed by atoms with Crippen molar-refractivity contribution in [3.05, 3.63) is 23.5 Å². The molecule has 3 saturated heterocycles. The molecule has 3 aliphatic rings. The Kier molecular flexibility index (Phi) is 5.54. The summed E-state index contributed by atoms with van der Waals surface area (Å²) in [6.45, 7) is 5.20. The number of aryl methyl sites for hydroxylation is 1. The quantitative estimate of drug-likeness (QED) is 0.680. The predicted octanol–water partition coefficient (Wildman–Crippen LogP) is 1.05. The van der Waals surface area contributed by atoms with Gasteiger partial charge in [0.2, 0.25) is 5.91 Å². The Morgan fingerprint density at radius 1 is 1.26 bits per heavy atom. The number of likely N-dealkylation sites (tertiary alicyclic amines) is 1. The molecule has 10 heteroatoms. The second kappa shape index (κ2) is 8.20. The number of carbonyl (C=O) groups is 1. The van der Waals surface area contributed by atoms with Gasteiger partial charge in [-0.2, -0.15) is 5.10 Å². The fourth-order valence-corrected chi connectivity index (χ4v) is 5.48. The van der Waals surface area contributed by atoms with Gasteiger partial charge >= 0.3 is 0 Å². The molecule has 0 spiro atoms. The third-order valence-corrected chi connectivity index (χ3v) is 7.10. The van der Waals surface area contributed by atoms with E-state index in [1.807, 2.05) is 33.7 Å². The van der Waals surface area contributed by atoms with Gasteiger partial charge in [0.1, 0.15) is 11.9 Å². The van der Waals surface area contributed by atoms with E-state index in [9.17, 15) is 4.79 Å². The highest BCUT2D eigenvalue weighted by Crippen LogP contribution is 2.33. The van der Waals surface area contributed by atoms with Gasteiger partial charge in [0.05, 0.1) is 17.1 Å². The van der Waals surface area contributed by atoms with Crippen molar-refractivity contribution >= 4 is 29.0 Å². The SMILES string of the molecule is Cc1cn2nc([C@@H]3CCCCN3C(=O)C3NN(C)CC3Cl)cc2nc1N1CC[C@H](N)C1. The molecule has 2 aromatic rings. The van der Waals surface area contributed by atoms with Crippen molar-refractivity contribution < 1.29 is 4.79 Å². The highest BCUT2D eigenvalue weighted by Gasteiger charge is 2.40. The Morgan fingerprint density at radius 2 is 2.10 bits per heavy atom. The number of nitrogens with zero attached hydrogens (tertiary/aromatic N) is 6. The van der Waals surface area contributed by atoms with E-state index in [2.05, 4.69) is 17.2 Å². The first kappa shape index (κ1) is 20.9. The molecule has 4 atom stereocenters. The van der Waals surface area contributed by atoms with Crippen LogP contribution in [0, 0.1) is 6.92 Å². The number of piperidine rings is 1. The number of anilines is 1. The number of amides is 1. The second-order valence-electron chi connectivity index (χ2n) is 9.16. The first-order valence-electron chi connectivity index (χ1n) is 11.2. The first-order chi connectivity index (χ1) is 14.9. The Bertz CT molecular complexity index is 980. The molecule has 0 saturated carbocycles. The average molecular weight is 447 g/mol. The van der Waals surface area contributed by atoms with Crippen molar-refractivity contribution in [1.29, 1.82) is 0 Å². The van der Waals surface area contributed by atoms with Crippen LogP contribution in [0.4, 0.5) is 5.82 Å². The van der Waals surface area contributed by atoms with Crippen LogP contribution >= 0.6 is 11.6 Å². The smallest absolute Gasteiger partial charge is 0.243 e. The lowest BCUT2D eigenvalue weighted by Gasteiger charge is -2.36. The highest BCUT2D eigenvalue weighted by atomic mass is 35.5. The predicted molar refractivity (Wildman–Crippen MR) is 120 cm³/mol. The minimum Gasteiger partial charge on any atom is -0.355 e. The minimum absolute atomic E-state index is 0.0523. The molecule has 1 amide bonds. The van der Waals surface area contributed by atoms with Crippen LogP contribution < -0.4 is 16.1 Å². The number of nitrogens with two attached hydrogens (primary N) is 1. The van der Waals surface area contributed by atoms with Crippen LogP contribution in [-0.2, 0) is 4.79 Å². The van der Waals surface area contributed by atoms with E-state index in [0.29, 0.717) is 6.54 Å². The third kappa shape index (κ3) is 3.88. The van der Waals surface area contributed by atoms with Crippen molar-refractivity contribution in [2.24, 2.45) is 5.73 Å². The van der Waals surface area contributed by atoms with E-state index in [-0.39, 0.29) is 23.4 Å². The summed E-state index contributed by atoms with van der Waals surface area (Å²) in [6, 6.07) is 1.79. The molecule has 3 aliphatic heterocycles. The molecule has 3 fully saturated rings. The Labute approximate surface area is 187 Å². The van der Waals surface area contributed by atoms with Gasteiger partial charge in [-0.15, -0.1) is 11.6 Å². The van der Waals surface area contributed by atoms with Crippen molar-refractivity contribution in [2.75, 3.05) is 38.1 Å². The topological polar surface area (TPSA) is 95.0 Å². The lowest BCUT2D eigenvalue weighted by atomic mass is 9.98. The Morgan fingerprint density at radius 3 is 2.81 bits per heavy atom. The van der Waals surface area contributed by atoms with Gasteiger partial charge in [-0.3, -0.25) is 4.79 Å². The highest BCUT2D eigenvalue weighted by molar-refractivity contribution is 6.23. The summed E-state index contributed by atoms with van der Waals surface area (Å²) in [5.74, 6) is 1.04. The molecule has 9 nitrogen and oxygen atoms in total. The van der Waals surface area contributed by atoms with Crippen molar-refractivity contribution in [3.63, 3.8) is 0 Å². The number of halogens is 1. The molecule has 5 rings (SSSR count). The summed E-state index contributed by atoms with van der Waals surface area (Å²) in [6.07, 6.45) is 6.00. The van der Waals surface area contributed by atoms with Crippen molar-refractivity contribution in [1.82, 2.24) is 29.9 Å². The van der Waals surface area contributed by atoms with Crippen LogP contribution in [0.2, 0.25) is 0 Å². The fraction of sp³-hybridized carbons (Fsp3) is 0.667. The number of fused-ring (bicyclic) bond motifs is 1. The summed E-state index contributed by atoms with van der Waals surface area (Å²) in [4.78, 5) is 22.5. The zero-order chi connectivity index (χ0) is 21.7. The minimum atomic E-state index is -0.393. The van der Waals surface area contributed by atoms with Gasteiger partial charge < -0.3 is 15.5 Å². The molecule has 0 bridgehead atoms. The van der Waals surface area contributed by atoms with Crippen LogP contribution in [0.3, 0.4) is 0 Å². The molecule has 5 heterocycles. The fourth-order valence-electron chi connectivity index (χ4n) is 5.11. The number of hydrazine groups is 1. The van der Waals surface area contributed by atoms with Gasteiger partial charge in [0.15, 0.2) is 5.65 Å². The molecular formula is C21H31ClN8O. The van der Waals surface area contributed by atoms with Gasteiger partial charge in [-0.25, -0.2) is 19.9 Å². The molecule has 2 aromatic heterocycles. The number of alkyl halides is 1. The first-order valence-corrected chi connectivity index (χ1v) is 11.6. The molecular weight excluding hydrogens is 416 g/mol. The number of carbonyl (C=O) groups excluding carboxylic acids is 1. The number of hydrogen-bond acceptors (Lipinski definition) is 7. The van der Waals surface area contributed by atoms with Crippen molar-refractivity contribution in [2.45, 2.75) is 56.1 Å². The molecule has 0 aromatic carbocycles. The zero-order valence-electron chi connectivity index (χ0n) is 18.2. The molecule has 31 heavy (non-hydrogen) atoms. The molecule has 3 N–H and O–H groups in total. The maximum absolute atomic E-state index is 13.4. The van der Waals surface area contributed by atoms with Crippen LogP contribution in [0.15, 0.2) is 12.3 Å². The average Bonchev–Trinajstić information content (AvgIpc) is 3.44. The number of aromatic nitrogens is 3. The van der Waals surface area contributed by atoms with Crippen LogP contribution in [-0.4, -0.2) is 81.1 Å². The third-order valence-electron chi connectivity index (χ3n) is 6.71. The van der Waals surface area contributed by atoms with E-state index in [1.165, 1.54) is 0 Å². The Balaban J connectivity index is 1.43. The van der Waals surface area contributed by atoms with Gasteiger partial charge in [-0.1, -0.05) is 0 Å². The van der Waals surface area contributed by atoms with E-state index in [0.717, 1.165) is 68.0 Å². The van der Waals surface area contributed by atoms with E-state index < -0.39 is 6.04 Å². The maximum Gasteiger partial charge on any atom is 0.243 e. The van der Waals surface area contributed by atoms with E-state index in [1.54, 1.807) is 0 Å². The number of nitrogens with one attached hydrogen (secondary N) is 1. The van der Waals surface area contributed by atoms with Crippen LogP contribution in [0.25, 0.3) is 5.65 Å². The molecule has 0 radical (unpaired) electrons. The zero-order valence-corrected chi connectivity index (χ0v) is 18.9. The van der Waals surface area contributed by atoms with Crippen LogP contribution in [0.1, 0.15) is 43.0 Å². The van der Waals surface area contributed by atoms with Crippen molar-refractivity contribution in [3.8, 4) is 0 Å². The lowest BCUT2D eigenvalue weighted by Crippen LogP contribution is -2.51. The monoisotopic (exact) mass is 446 g/mol. The van der Waals surface area contributed by atoms with Crippen LogP contribution in [0.5, 0.6) is 0 Å². The summed E-state index contributed by atoms with van der Waals surface area (Å²) in [5.41, 5.74) is 12.1. The van der Waals surface area contributed by atoms with Gasteiger partial charge in [0.25, 0.3) is 0 Å². The van der Waals surface area contributed by atoms with Gasteiger partial charge in [-0.05, 0) is 32.6 Å².